The van der Waals surface area contributed by atoms with Crippen LogP contribution in [0, 0.1) is 5.92 Å². The Morgan fingerprint density at radius 1 is 1.11 bits per heavy atom. The summed E-state index contributed by atoms with van der Waals surface area (Å²) in [4.78, 5) is 12.4. The lowest BCUT2D eigenvalue weighted by Crippen LogP contribution is -2.20. The Hall–Kier alpha value is -3.02. The minimum Gasteiger partial charge on any atom is -0.497 e. The van der Waals surface area contributed by atoms with E-state index in [0.29, 0.717) is 5.82 Å². The summed E-state index contributed by atoms with van der Waals surface area (Å²) in [6.45, 7) is 0. The second kappa shape index (κ2) is 7.31. The summed E-state index contributed by atoms with van der Waals surface area (Å²) in [5.74, 6) is 2.26. The van der Waals surface area contributed by atoms with Crippen LogP contribution < -0.4 is 14.8 Å². The second-order valence-corrected chi connectivity index (χ2v) is 6.87. The van der Waals surface area contributed by atoms with Crippen molar-refractivity contribution in [2.75, 3.05) is 19.5 Å². The van der Waals surface area contributed by atoms with Gasteiger partial charge in [-0.15, -0.1) is 0 Å². The highest BCUT2D eigenvalue weighted by molar-refractivity contribution is 6.01. The van der Waals surface area contributed by atoms with Crippen LogP contribution in [0.5, 0.6) is 11.5 Å². The molecule has 3 aromatic rings. The van der Waals surface area contributed by atoms with E-state index >= 15 is 0 Å². The lowest BCUT2D eigenvalue weighted by atomic mass is 10.0. The number of carbonyl (C=O) groups excluding carboxylic acids is 1. The molecule has 6 heteroatoms. The third-order valence-corrected chi connectivity index (χ3v) is 5.25. The molecule has 1 amide bonds. The largest absolute Gasteiger partial charge is 0.497 e. The Morgan fingerprint density at radius 2 is 1.93 bits per heavy atom. The van der Waals surface area contributed by atoms with Crippen LogP contribution in [-0.4, -0.2) is 30.3 Å². The topological polar surface area (TPSA) is 76.2 Å². The number of aromatic nitrogens is 2. The van der Waals surface area contributed by atoms with E-state index in [0.717, 1.165) is 59.2 Å². The fourth-order valence-corrected chi connectivity index (χ4v) is 3.73. The van der Waals surface area contributed by atoms with Crippen molar-refractivity contribution in [1.82, 2.24) is 10.2 Å². The van der Waals surface area contributed by atoms with E-state index in [1.165, 1.54) is 0 Å². The summed E-state index contributed by atoms with van der Waals surface area (Å²) in [7, 11) is 3.27. The van der Waals surface area contributed by atoms with Crippen LogP contribution in [-0.2, 0) is 4.79 Å². The molecule has 1 aliphatic carbocycles. The van der Waals surface area contributed by atoms with Gasteiger partial charge in [0.05, 0.1) is 19.7 Å². The molecule has 2 aromatic carbocycles. The van der Waals surface area contributed by atoms with Crippen LogP contribution in [0.2, 0.25) is 0 Å². The predicted octanol–water partition coefficient (Wildman–Crippen LogP) is 4.38. The Morgan fingerprint density at radius 3 is 2.67 bits per heavy atom. The van der Waals surface area contributed by atoms with E-state index < -0.39 is 0 Å². The van der Waals surface area contributed by atoms with Crippen LogP contribution in [0.3, 0.4) is 0 Å². The number of hydrogen-bond acceptors (Lipinski definition) is 4. The highest BCUT2D eigenvalue weighted by Gasteiger charge is 2.23. The molecule has 4 rings (SSSR count). The molecule has 0 unspecified atom stereocenters. The monoisotopic (exact) mass is 365 g/mol. The molecule has 0 aliphatic heterocycles. The summed E-state index contributed by atoms with van der Waals surface area (Å²) in [6.07, 6.45) is 4.20. The van der Waals surface area contributed by atoms with Gasteiger partial charge in [0.15, 0.2) is 5.82 Å². The van der Waals surface area contributed by atoms with E-state index in [1.54, 1.807) is 14.2 Å². The Kier molecular flexibility index (Phi) is 4.71. The average molecular weight is 365 g/mol. The molecule has 1 heterocycles. The van der Waals surface area contributed by atoms with Gasteiger partial charge >= 0.3 is 0 Å². The molecule has 27 heavy (non-hydrogen) atoms. The molecule has 0 saturated heterocycles. The van der Waals surface area contributed by atoms with E-state index in [2.05, 4.69) is 15.5 Å². The molecular weight excluding hydrogens is 342 g/mol. The second-order valence-electron chi connectivity index (χ2n) is 6.87. The predicted molar refractivity (Wildman–Crippen MR) is 105 cm³/mol. The molecule has 1 saturated carbocycles. The molecule has 140 valence electrons. The van der Waals surface area contributed by atoms with Crippen molar-refractivity contribution < 1.29 is 14.3 Å². The number of rotatable bonds is 5. The standard InChI is InChI=1S/C21H23N3O3/c1-26-15-8-10-16(19(12-15)27-2)14-7-9-17-18(11-14)23-24-20(17)22-21(25)13-5-3-4-6-13/h7-13H,3-6H2,1-2H3,(H2,22,23,24,25). The zero-order chi connectivity index (χ0) is 18.8. The number of ether oxygens (including phenoxy) is 2. The first-order valence-corrected chi connectivity index (χ1v) is 9.21. The highest BCUT2D eigenvalue weighted by Crippen LogP contribution is 2.35. The number of anilines is 1. The summed E-state index contributed by atoms with van der Waals surface area (Å²) in [6, 6.07) is 11.7. The van der Waals surface area contributed by atoms with Crippen molar-refractivity contribution in [1.29, 1.82) is 0 Å². The van der Waals surface area contributed by atoms with Crippen molar-refractivity contribution in [3.63, 3.8) is 0 Å². The Bertz CT molecular complexity index is 974. The number of hydrogen-bond donors (Lipinski definition) is 2. The molecule has 1 aliphatic rings. The SMILES string of the molecule is COc1ccc(-c2ccc3c(NC(=O)C4CCCC4)n[nH]c3c2)c(OC)c1. The van der Waals surface area contributed by atoms with Gasteiger partial charge in [0, 0.05) is 22.9 Å². The highest BCUT2D eigenvalue weighted by atomic mass is 16.5. The number of carbonyl (C=O) groups is 1. The maximum absolute atomic E-state index is 12.4. The number of aromatic amines is 1. The molecule has 0 bridgehead atoms. The molecule has 1 aromatic heterocycles. The summed E-state index contributed by atoms with van der Waals surface area (Å²) < 4.78 is 10.8. The smallest absolute Gasteiger partial charge is 0.228 e. The van der Waals surface area contributed by atoms with Gasteiger partial charge < -0.3 is 14.8 Å². The maximum Gasteiger partial charge on any atom is 0.228 e. The van der Waals surface area contributed by atoms with Gasteiger partial charge in [0.1, 0.15) is 11.5 Å². The molecule has 2 N–H and O–H groups in total. The molecule has 6 nitrogen and oxygen atoms in total. The van der Waals surface area contributed by atoms with Gasteiger partial charge in [-0.05, 0) is 42.7 Å². The van der Waals surface area contributed by atoms with Crippen molar-refractivity contribution in [3.05, 3.63) is 36.4 Å². The number of fused-ring (bicyclic) bond motifs is 1. The fourth-order valence-electron chi connectivity index (χ4n) is 3.73. The van der Waals surface area contributed by atoms with Crippen molar-refractivity contribution in [2.24, 2.45) is 5.92 Å². The number of amides is 1. The van der Waals surface area contributed by atoms with E-state index in [-0.39, 0.29) is 11.8 Å². The normalized spacial score (nSPS) is 14.4. The van der Waals surface area contributed by atoms with Crippen molar-refractivity contribution in [3.8, 4) is 22.6 Å². The van der Waals surface area contributed by atoms with Gasteiger partial charge in [0.25, 0.3) is 0 Å². The number of nitrogens with one attached hydrogen (secondary N) is 2. The maximum atomic E-state index is 12.4. The van der Waals surface area contributed by atoms with E-state index in [4.69, 9.17) is 9.47 Å². The Balaban J connectivity index is 1.63. The van der Waals surface area contributed by atoms with Gasteiger partial charge in [-0.25, -0.2) is 0 Å². The zero-order valence-corrected chi connectivity index (χ0v) is 15.5. The quantitative estimate of drug-likeness (QED) is 0.704. The van der Waals surface area contributed by atoms with Gasteiger partial charge in [-0.3, -0.25) is 9.89 Å². The lowest BCUT2D eigenvalue weighted by molar-refractivity contribution is -0.119. The third kappa shape index (κ3) is 3.35. The lowest BCUT2D eigenvalue weighted by Gasteiger charge is -2.11. The first-order valence-electron chi connectivity index (χ1n) is 9.21. The number of benzene rings is 2. The Labute approximate surface area is 157 Å². The molecule has 0 spiro atoms. The van der Waals surface area contributed by atoms with Crippen LogP contribution in [0.4, 0.5) is 5.82 Å². The summed E-state index contributed by atoms with van der Waals surface area (Å²) in [5, 5.41) is 11.2. The average Bonchev–Trinajstić information content (AvgIpc) is 3.37. The van der Waals surface area contributed by atoms with Crippen LogP contribution in [0.15, 0.2) is 36.4 Å². The third-order valence-electron chi connectivity index (χ3n) is 5.25. The van der Waals surface area contributed by atoms with Crippen LogP contribution >= 0.6 is 0 Å². The first kappa shape index (κ1) is 17.4. The minimum atomic E-state index is 0.0711. The first-order chi connectivity index (χ1) is 13.2. The van der Waals surface area contributed by atoms with Gasteiger partial charge in [-0.2, -0.15) is 5.10 Å². The van der Waals surface area contributed by atoms with Crippen LogP contribution in [0.1, 0.15) is 25.7 Å². The zero-order valence-electron chi connectivity index (χ0n) is 15.5. The number of nitrogens with zero attached hydrogens (tertiary/aromatic N) is 1. The molecule has 0 radical (unpaired) electrons. The van der Waals surface area contributed by atoms with E-state index in [1.807, 2.05) is 36.4 Å². The van der Waals surface area contributed by atoms with Crippen molar-refractivity contribution in [2.45, 2.75) is 25.7 Å². The van der Waals surface area contributed by atoms with E-state index in [9.17, 15) is 4.79 Å². The molecular formula is C21H23N3O3. The summed E-state index contributed by atoms with van der Waals surface area (Å²) in [5.41, 5.74) is 2.83. The van der Waals surface area contributed by atoms with Crippen molar-refractivity contribution >= 4 is 22.6 Å². The van der Waals surface area contributed by atoms with Crippen LogP contribution in [0.25, 0.3) is 22.0 Å². The molecule has 0 atom stereocenters. The summed E-state index contributed by atoms with van der Waals surface area (Å²) >= 11 is 0. The molecule has 1 fully saturated rings. The number of H-pyrrole nitrogens is 1. The minimum absolute atomic E-state index is 0.0711. The van der Waals surface area contributed by atoms with Gasteiger partial charge in [-0.1, -0.05) is 18.9 Å². The van der Waals surface area contributed by atoms with Gasteiger partial charge in [0.2, 0.25) is 5.91 Å². The fraction of sp³-hybridized carbons (Fsp3) is 0.333. The number of methoxy groups -OCH3 is 2.